The zero-order chi connectivity index (χ0) is 14.5. The summed E-state index contributed by atoms with van der Waals surface area (Å²) in [5.41, 5.74) is 1.02. The number of carbonyl (C=O) groups excluding carboxylic acids is 1. The topological polar surface area (TPSA) is 89.3 Å². The SMILES string of the molecule is CCCCCC(=O)Nc1ccc(C)c(S(N)(=O)=O)c1. The quantitative estimate of drug-likeness (QED) is 0.784. The van der Waals surface area contributed by atoms with Gasteiger partial charge >= 0.3 is 0 Å². The molecule has 0 fully saturated rings. The lowest BCUT2D eigenvalue weighted by atomic mass is 10.2. The average Bonchev–Trinajstić information content (AvgIpc) is 2.30. The number of anilines is 1. The molecule has 0 saturated heterocycles. The highest BCUT2D eigenvalue weighted by atomic mass is 32.2. The van der Waals surface area contributed by atoms with Crippen LogP contribution in [0.1, 0.15) is 38.2 Å². The van der Waals surface area contributed by atoms with E-state index < -0.39 is 10.0 Å². The van der Waals surface area contributed by atoms with Crippen molar-refractivity contribution in [3.8, 4) is 0 Å². The molecule has 0 aliphatic carbocycles. The molecule has 1 aromatic rings. The van der Waals surface area contributed by atoms with Crippen molar-refractivity contribution in [1.29, 1.82) is 0 Å². The van der Waals surface area contributed by atoms with E-state index in [1.165, 1.54) is 6.07 Å². The number of primary sulfonamides is 1. The fourth-order valence-corrected chi connectivity index (χ4v) is 2.55. The molecule has 1 amide bonds. The minimum Gasteiger partial charge on any atom is -0.326 e. The Morgan fingerprint density at radius 2 is 2.00 bits per heavy atom. The minimum absolute atomic E-state index is 0.0406. The van der Waals surface area contributed by atoms with E-state index in [1.807, 2.05) is 0 Å². The molecule has 1 aromatic carbocycles. The number of unbranched alkanes of at least 4 members (excludes halogenated alkanes) is 2. The molecule has 0 unspecified atom stereocenters. The van der Waals surface area contributed by atoms with E-state index in [1.54, 1.807) is 19.1 Å². The van der Waals surface area contributed by atoms with Crippen molar-refractivity contribution in [2.75, 3.05) is 5.32 Å². The third-order valence-electron chi connectivity index (χ3n) is 2.79. The first-order valence-electron chi connectivity index (χ1n) is 6.28. The van der Waals surface area contributed by atoms with E-state index in [0.717, 1.165) is 19.3 Å². The molecular weight excluding hydrogens is 264 g/mol. The van der Waals surface area contributed by atoms with Crippen molar-refractivity contribution in [1.82, 2.24) is 0 Å². The number of rotatable bonds is 6. The van der Waals surface area contributed by atoms with Crippen molar-refractivity contribution in [2.45, 2.75) is 44.4 Å². The smallest absolute Gasteiger partial charge is 0.238 e. The maximum Gasteiger partial charge on any atom is 0.238 e. The molecular formula is C13H20N2O3S. The predicted octanol–water partition coefficient (Wildman–Crippen LogP) is 2.16. The van der Waals surface area contributed by atoms with Crippen LogP contribution in [0, 0.1) is 6.92 Å². The highest BCUT2D eigenvalue weighted by Crippen LogP contribution is 2.19. The van der Waals surface area contributed by atoms with Crippen LogP contribution in [0.2, 0.25) is 0 Å². The number of nitrogens with one attached hydrogen (secondary N) is 1. The maximum atomic E-state index is 11.6. The Balaban J connectivity index is 2.78. The molecule has 6 heteroatoms. The van der Waals surface area contributed by atoms with Gasteiger partial charge in [-0.15, -0.1) is 0 Å². The summed E-state index contributed by atoms with van der Waals surface area (Å²) in [5.74, 6) is -0.113. The van der Waals surface area contributed by atoms with Gasteiger partial charge in [-0.1, -0.05) is 25.8 Å². The Kier molecular flexibility index (Phi) is 5.50. The van der Waals surface area contributed by atoms with Crippen molar-refractivity contribution >= 4 is 21.6 Å². The van der Waals surface area contributed by atoms with E-state index >= 15 is 0 Å². The third-order valence-corrected chi connectivity index (χ3v) is 3.84. The zero-order valence-electron chi connectivity index (χ0n) is 11.3. The lowest BCUT2D eigenvalue weighted by Gasteiger charge is -2.08. The molecule has 0 atom stereocenters. The lowest BCUT2D eigenvalue weighted by molar-refractivity contribution is -0.116. The lowest BCUT2D eigenvalue weighted by Crippen LogP contribution is -2.15. The van der Waals surface area contributed by atoms with Crippen molar-refractivity contribution in [3.63, 3.8) is 0 Å². The van der Waals surface area contributed by atoms with E-state index in [4.69, 9.17) is 5.14 Å². The second-order valence-electron chi connectivity index (χ2n) is 4.53. The van der Waals surface area contributed by atoms with Crippen LogP contribution in [0.25, 0.3) is 0 Å². The van der Waals surface area contributed by atoms with Gasteiger partial charge in [-0.3, -0.25) is 4.79 Å². The molecule has 0 aromatic heterocycles. The van der Waals surface area contributed by atoms with E-state index in [0.29, 0.717) is 17.7 Å². The summed E-state index contributed by atoms with van der Waals surface area (Å²) in [7, 11) is -3.76. The van der Waals surface area contributed by atoms with Gasteiger partial charge in [-0.2, -0.15) is 0 Å². The van der Waals surface area contributed by atoms with Crippen molar-refractivity contribution in [3.05, 3.63) is 23.8 Å². The van der Waals surface area contributed by atoms with Gasteiger partial charge in [0.1, 0.15) is 0 Å². The van der Waals surface area contributed by atoms with Crippen LogP contribution in [0.15, 0.2) is 23.1 Å². The van der Waals surface area contributed by atoms with Crippen LogP contribution >= 0.6 is 0 Å². The highest BCUT2D eigenvalue weighted by molar-refractivity contribution is 7.89. The molecule has 106 valence electrons. The molecule has 1 rings (SSSR count). The normalized spacial score (nSPS) is 11.3. The number of carbonyl (C=O) groups is 1. The second-order valence-corrected chi connectivity index (χ2v) is 6.06. The standard InChI is InChI=1S/C13H20N2O3S/c1-3-4-5-6-13(16)15-11-8-7-10(2)12(9-11)19(14,17)18/h7-9H,3-6H2,1-2H3,(H,15,16)(H2,14,17,18). The monoisotopic (exact) mass is 284 g/mol. The largest absolute Gasteiger partial charge is 0.326 e. The first-order chi connectivity index (χ1) is 8.84. The summed E-state index contributed by atoms with van der Waals surface area (Å²) in [6.07, 6.45) is 3.32. The van der Waals surface area contributed by atoms with Gasteiger partial charge in [-0.05, 0) is 31.0 Å². The molecule has 0 heterocycles. The Bertz CT molecular complexity index is 553. The number of amides is 1. The van der Waals surface area contributed by atoms with Gasteiger partial charge in [0.15, 0.2) is 0 Å². The van der Waals surface area contributed by atoms with E-state index in [2.05, 4.69) is 12.2 Å². The Labute approximate surface area is 114 Å². The molecule has 0 spiro atoms. The number of nitrogens with two attached hydrogens (primary N) is 1. The van der Waals surface area contributed by atoms with Gasteiger partial charge in [0.2, 0.25) is 15.9 Å². The molecule has 0 saturated carbocycles. The molecule has 3 N–H and O–H groups in total. The Morgan fingerprint density at radius 1 is 1.32 bits per heavy atom. The first kappa shape index (κ1) is 15.7. The molecule has 19 heavy (non-hydrogen) atoms. The van der Waals surface area contributed by atoms with Crippen molar-refractivity contribution < 1.29 is 13.2 Å². The third kappa shape index (κ3) is 5.00. The van der Waals surface area contributed by atoms with Gasteiger partial charge in [-0.25, -0.2) is 13.6 Å². The highest BCUT2D eigenvalue weighted by Gasteiger charge is 2.12. The number of benzene rings is 1. The summed E-state index contributed by atoms with van der Waals surface area (Å²) < 4.78 is 22.7. The first-order valence-corrected chi connectivity index (χ1v) is 7.82. The number of aryl methyl sites for hydroxylation is 1. The minimum atomic E-state index is -3.76. The van der Waals surface area contributed by atoms with Gasteiger partial charge in [0.05, 0.1) is 4.90 Å². The van der Waals surface area contributed by atoms with Gasteiger partial charge in [0.25, 0.3) is 0 Å². The van der Waals surface area contributed by atoms with Crippen LogP contribution in [0.5, 0.6) is 0 Å². The summed E-state index contributed by atoms with van der Waals surface area (Å²) in [6.45, 7) is 3.73. The molecule has 0 radical (unpaired) electrons. The summed E-state index contributed by atoms with van der Waals surface area (Å²) in [4.78, 5) is 11.7. The van der Waals surface area contributed by atoms with Crippen LogP contribution in [0.3, 0.4) is 0 Å². The second kappa shape index (κ2) is 6.68. The Morgan fingerprint density at radius 3 is 2.58 bits per heavy atom. The summed E-state index contributed by atoms with van der Waals surface area (Å²) in [6, 6.07) is 4.69. The van der Waals surface area contributed by atoms with Crippen LogP contribution in [0.4, 0.5) is 5.69 Å². The molecule has 0 aliphatic heterocycles. The van der Waals surface area contributed by atoms with Gasteiger partial charge < -0.3 is 5.32 Å². The Hall–Kier alpha value is -1.40. The number of hydrogen-bond acceptors (Lipinski definition) is 3. The van der Waals surface area contributed by atoms with Gasteiger partial charge in [0, 0.05) is 12.1 Å². The summed E-state index contributed by atoms with van der Waals surface area (Å²) in [5, 5.41) is 7.80. The maximum absolute atomic E-state index is 11.6. The average molecular weight is 284 g/mol. The molecule has 0 aliphatic rings. The molecule has 5 nitrogen and oxygen atoms in total. The molecule has 0 bridgehead atoms. The summed E-state index contributed by atoms with van der Waals surface area (Å²) >= 11 is 0. The predicted molar refractivity (Wildman–Crippen MR) is 75.3 cm³/mol. The zero-order valence-corrected chi connectivity index (χ0v) is 12.1. The number of hydrogen-bond donors (Lipinski definition) is 2. The van der Waals surface area contributed by atoms with E-state index in [9.17, 15) is 13.2 Å². The fraction of sp³-hybridized carbons (Fsp3) is 0.462. The van der Waals surface area contributed by atoms with Crippen LogP contribution in [-0.4, -0.2) is 14.3 Å². The fourth-order valence-electron chi connectivity index (χ4n) is 1.74. The number of sulfonamides is 1. The van der Waals surface area contributed by atoms with Crippen molar-refractivity contribution in [2.24, 2.45) is 5.14 Å². The van der Waals surface area contributed by atoms with Crippen LogP contribution in [-0.2, 0) is 14.8 Å². The van der Waals surface area contributed by atoms with E-state index in [-0.39, 0.29) is 10.8 Å². The van der Waals surface area contributed by atoms with Crippen LogP contribution < -0.4 is 10.5 Å².